The first-order valence-electron chi connectivity index (χ1n) is 5.29. The van der Waals surface area contributed by atoms with Gasteiger partial charge in [0.1, 0.15) is 0 Å². The molecular weight excluding hydrogens is 160 g/mol. The molecule has 0 aliphatic heterocycles. The van der Waals surface area contributed by atoms with Crippen molar-refractivity contribution in [3.05, 3.63) is 0 Å². The summed E-state index contributed by atoms with van der Waals surface area (Å²) in [7, 11) is 0. The van der Waals surface area contributed by atoms with Crippen LogP contribution < -0.4 is 0 Å². The van der Waals surface area contributed by atoms with E-state index in [0.717, 1.165) is 12.8 Å². The molecule has 1 atom stereocenters. The summed E-state index contributed by atoms with van der Waals surface area (Å²) in [5.74, 6) is 6.41. The fourth-order valence-electron chi connectivity index (χ4n) is 2.19. The maximum Gasteiger partial charge on any atom is 0.0656 e. The largest absolute Gasteiger partial charge is 0.390 e. The number of rotatable bonds is 3. The van der Waals surface area contributed by atoms with Gasteiger partial charge in [0.15, 0.2) is 0 Å². The van der Waals surface area contributed by atoms with E-state index in [1.165, 1.54) is 25.7 Å². The summed E-state index contributed by atoms with van der Waals surface area (Å²) in [5.41, 5.74) is -0.472. The zero-order chi connectivity index (χ0) is 9.73. The molecule has 0 spiro atoms. The summed E-state index contributed by atoms with van der Waals surface area (Å²) in [6, 6.07) is 0. The van der Waals surface area contributed by atoms with E-state index < -0.39 is 5.60 Å². The van der Waals surface area contributed by atoms with Crippen molar-refractivity contribution in [1.82, 2.24) is 0 Å². The Morgan fingerprint density at radius 3 is 2.54 bits per heavy atom. The van der Waals surface area contributed by atoms with Crippen LogP contribution in [0, 0.1) is 17.8 Å². The van der Waals surface area contributed by atoms with Gasteiger partial charge < -0.3 is 5.11 Å². The monoisotopic (exact) mass is 180 g/mol. The molecule has 0 aromatic rings. The fraction of sp³-hybridized carbons (Fsp3) is 0.833. The van der Waals surface area contributed by atoms with Crippen LogP contribution in [0.1, 0.15) is 52.4 Å². The molecule has 0 heterocycles. The molecule has 1 heteroatoms. The minimum absolute atomic E-state index is 0.472. The molecule has 74 valence electrons. The van der Waals surface area contributed by atoms with Crippen LogP contribution in [0.25, 0.3) is 0 Å². The molecule has 1 aliphatic carbocycles. The molecule has 1 unspecified atom stereocenters. The van der Waals surface area contributed by atoms with Crippen molar-refractivity contribution in [2.75, 3.05) is 0 Å². The Bertz CT molecular complexity index is 201. The van der Waals surface area contributed by atoms with Crippen LogP contribution in [-0.2, 0) is 0 Å². The maximum absolute atomic E-state index is 10.2. The van der Waals surface area contributed by atoms with Crippen LogP contribution >= 0.6 is 0 Å². The Morgan fingerprint density at radius 1 is 1.38 bits per heavy atom. The van der Waals surface area contributed by atoms with E-state index in [1.54, 1.807) is 0 Å². The smallest absolute Gasteiger partial charge is 0.0656 e. The third-order valence-electron chi connectivity index (χ3n) is 3.17. The van der Waals surface area contributed by atoms with Gasteiger partial charge in [0.25, 0.3) is 0 Å². The summed E-state index contributed by atoms with van der Waals surface area (Å²) in [5, 5.41) is 10.2. The van der Waals surface area contributed by atoms with Crippen LogP contribution in [0.5, 0.6) is 0 Å². The van der Waals surface area contributed by atoms with Crippen molar-refractivity contribution >= 4 is 0 Å². The SMILES string of the molecule is CC#CCCC(C)(O)C1CCCC1. The second-order valence-electron chi connectivity index (χ2n) is 4.27. The van der Waals surface area contributed by atoms with Gasteiger partial charge >= 0.3 is 0 Å². The molecule has 1 nitrogen and oxygen atoms in total. The minimum atomic E-state index is -0.472. The third kappa shape index (κ3) is 3.04. The van der Waals surface area contributed by atoms with E-state index in [0.29, 0.717) is 5.92 Å². The second-order valence-corrected chi connectivity index (χ2v) is 4.27. The summed E-state index contributed by atoms with van der Waals surface area (Å²) in [4.78, 5) is 0. The zero-order valence-electron chi connectivity index (χ0n) is 8.77. The molecule has 0 amide bonds. The highest BCUT2D eigenvalue weighted by molar-refractivity contribution is 4.97. The van der Waals surface area contributed by atoms with E-state index in [-0.39, 0.29) is 0 Å². The third-order valence-corrected chi connectivity index (χ3v) is 3.17. The highest BCUT2D eigenvalue weighted by atomic mass is 16.3. The highest BCUT2D eigenvalue weighted by Crippen LogP contribution is 2.36. The van der Waals surface area contributed by atoms with E-state index in [9.17, 15) is 5.11 Å². The lowest BCUT2D eigenvalue weighted by Crippen LogP contribution is -2.32. The first-order valence-corrected chi connectivity index (χ1v) is 5.29. The zero-order valence-corrected chi connectivity index (χ0v) is 8.77. The van der Waals surface area contributed by atoms with Gasteiger partial charge in [-0.05, 0) is 39.0 Å². The van der Waals surface area contributed by atoms with Gasteiger partial charge in [0, 0.05) is 6.42 Å². The standard InChI is InChI=1S/C12H20O/c1-3-4-7-10-12(2,13)11-8-5-6-9-11/h11,13H,5-10H2,1-2H3. The van der Waals surface area contributed by atoms with Gasteiger partial charge in [-0.1, -0.05) is 12.8 Å². The van der Waals surface area contributed by atoms with E-state index >= 15 is 0 Å². The lowest BCUT2D eigenvalue weighted by molar-refractivity contribution is -0.00495. The van der Waals surface area contributed by atoms with Crippen molar-refractivity contribution in [1.29, 1.82) is 0 Å². The van der Waals surface area contributed by atoms with E-state index in [2.05, 4.69) is 11.8 Å². The van der Waals surface area contributed by atoms with Crippen LogP contribution in [0.15, 0.2) is 0 Å². The average molecular weight is 180 g/mol. The molecule has 13 heavy (non-hydrogen) atoms. The first-order chi connectivity index (χ1) is 6.17. The molecule has 0 bridgehead atoms. The van der Waals surface area contributed by atoms with Gasteiger partial charge in [-0.15, -0.1) is 11.8 Å². The van der Waals surface area contributed by atoms with Crippen molar-refractivity contribution in [2.45, 2.75) is 58.0 Å². The van der Waals surface area contributed by atoms with E-state index in [1.807, 2.05) is 13.8 Å². The second kappa shape index (κ2) is 4.67. The quantitative estimate of drug-likeness (QED) is 0.662. The molecule has 0 aromatic carbocycles. The van der Waals surface area contributed by atoms with E-state index in [4.69, 9.17) is 0 Å². The lowest BCUT2D eigenvalue weighted by atomic mass is 9.84. The van der Waals surface area contributed by atoms with Crippen LogP contribution in [0.4, 0.5) is 0 Å². The molecule has 1 N–H and O–H groups in total. The van der Waals surface area contributed by atoms with Gasteiger partial charge in [-0.25, -0.2) is 0 Å². The molecule has 0 saturated heterocycles. The fourth-order valence-corrected chi connectivity index (χ4v) is 2.19. The first kappa shape index (κ1) is 10.6. The molecule has 0 radical (unpaired) electrons. The number of hydrogen-bond acceptors (Lipinski definition) is 1. The molecule has 1 aliphatic rings. The summed E-state index contributed by atoms with van der Waals surface area (Å²) < 4.78 is 0. The maximum atomic E-state index is 10.2. The Balaban J connectivity index is 2.37. The predicted molar refractivity (Wildman–Crippen MR) is 55.3 cm³/mol. The van der Waals surface area contributed by atoms with Crippen LogP contribution in [0.3, 0.4) is 0 Å². The molecular formula is C12H20O. The van der Waals surface area contributed by atoms with Crippen molar-refractivity contribution in [3.63, 3.8) is 0 Å². The Kier molecular flexibility index (Phi) is 3.81. The summed E-state index contributed by atoms with van der Waals surface area (Å²) >= 11 is 0. The number of aliphatic hydroxyl groups is 1. The summed E-state index contributed by atoms with van der Waals surface area (Å²) in [6.07, 6.45) is 6.65. The van der Waals surface area contributed by atoms with Crippen LogP contribution in [-0.4, -0.2) is 10.7 Å². The average Bonchev–Trinajstić information content (AvgIpc) is 2.56. The lowest BCUT2D eigenvalue weighted by Gasteiger charge is -2.29. The Hall–Kier alpha value is -0.480. The predicted octanol–water partition coefficient (Wildman–Crippen LogP) is 2.73. The molecule has 1 saturated carbocycles. The Labute approximate surface area is 81.5 Å². The molecule has 1 rings (SSSR count). The van der Waals surface area contributed by atoms with Gasteiger partial charge in [-0.3, -0.25) is 0 Å². The molecule has 0 aromatic heterocycles. The van der Waals surface area contributed by atoms with Crippen molar-refractivity contribution < 1.29 is 5.11 Å². The van der Waals surface area contributed by atoms with Crippen molar-refractivity contribution in [3.8, 4) is 11.8 Å². The topological polar surface area (TPSA) is 20.2 Å². The van der Waals surface area contributed by atoms with Crippen molar-refractivity contribution in [2.24, 2.45) is 5.92 Å². The summed E-state index contributed by atoms with van der Waals surface area (Å²) in [6.45, 7) is 3.82. The highest BCUT2D eigenvalue weighted by Gasteiger charge is 2.32. The Morgan fingerprint density at radius 2 is 2.00 bits per heavy atom. The van der Waals surface area contributed by atoms with Gasteiger partial charge in [-0.2, -0.15) is 0 Å². The number of hydrogen-bond donors (Lipinski definition) is 1. The minimum Gasteiger partial charge on any atom is -0.390 e. The van der Waals surface area contributed by atoms with Gasteiger partial charge in [0.2, 0.25) is 0 Å². The van der Waals surface area contributed by atoms with Gasteiger partial charge in [0.05, 0.1) is 5.60 Å². The van der Waals surface area contributed by atoms with Crippen LogP contribution in [0.2, 0.25) is 0 Å². The normalized spacial score (nSPS) is 22.1. The molecule has 1 fully saturated rings.